The molecule has 23 heavy (non-hydrogen) atoms. The molecule has 1 saturated heterocycles. The summed E-state index contributed by atoms with van der Waals surface area (Å²) in [4.78, 5) is 27.5. The number of amides is 2. The first-order valence-electron chi connectivity index (χ1n) is 8.04. The van der Waals surface area contributed by atoms with Gasteiger partial charge < -0.3 is 9.64 Å². The molecule has 122 valence electrons. The van der Waals surface area contributed by atoms with Crippen molar-refractivity contribution in [2.24, 2.45) is 11.8 Å². The van der Waals surface area contributed by atoms with Crippen LogP contribution in [0.25, 0.3) is 0 Å². The van der Waals surface area contributed by atoms with Gasteiger partial charge in [-0.2, -0.15) is 0 Å². The number of fused-ring (bicyclic) bond motifs is 1. The van der Waals surface area contributed by atoms with Gasteiger partial charge in [0.2, 0.25) is 11.8 Å². The van der Waals surface area contributed by atoms with Gasteiger partial charge in [-0.25, -0.2) is 4.90 Å². The second-order valence-electron chi connectivity index (χ2n) is 6.40. The van der Waals surface area contributed by atoms with Gasteiger partial charge >= 0.3 is 0 Å². The average Bonchev–Trinajstić information content (AvgIpc) is 2.81. The molecule has 0 spiro atoms. The molecule has 1 aliphatic heterocycles. The summed E-state index contributed by atoms with van der Waals surface area (Å²) >= 11 is 0. The van der Waals surface area contributed by atoms with Gasteiger partial charge in [-0.15, -0.1) is 0 Å². The van der Waals surface area contributed by atoms with Crippen LogP contribution in [0.5, 0.6) is 5.75 Å². The first-order valence-corrected chi connectivity index (χ1v) is 8.04. The van der Waals surface area contributed by atoms with E-state index in [0.717, 1.165) is 22.8 Å². The van der Waals surface area contributed by atoms with Gasteiger partial charge in [-0.05, 0) is 37.1 Å². The Morgan fingerprint density at radius 1 is 1.09 bits per heavy atom. The summed E-state index contributed by atoms with van der Waals surface area (Å²) < 4.78 is 5.15. The molecule has 3 atom stereocenters. The van der Waals surface area contributed by atoms with Crippen LogP contribution in [0.1, 0.15) is 18.4 Å². The maximum atomic E-state index is 12.5. The number of rotatable bonds is 5. The molecule has 1 aromatic carbocycles. The van der Waals surface area contributed by atoms with E-state index in [1.807, 2.05) is 43.5 Å². The zero-order valence-corrected chi connectivity index (χ0v) is 13.6. The smallest absolute Gasteiger partial charge is 0.237 e. The van der Waals surface area contributed by atoms with E-state index >= 15 is 0 Å². The van der Waals surface area contributed by atoms with E-state index in [-0.39, 0.29) is 23.7 Å². The highest BCUT2D eigenvalue weighted by Crippen LogP contribution is 2.34. The van der Waals surface area contributed by atoms with E-state index in [9.17, 15) is 9.59 Å². The number of carbonyl (C=O) groups excluding carboxylic acids is 2. The number of ether oxygens (including phenoxy) is 1. The number of hydrogen-bond donors (Lipinski definition) is 1. The molecular formula is C18H23N2O3+. The third-order valence-corrected chi connectivity index (χ3v) is 4.69. The van der Waals surface area contributed by atoms with Crippen LogP contribution in [0, 0.1) is 11.8 Å². The van der Waals surface area contributed by atoms with E-state index < -0.39 is 0 Å². The van der Waals surface area contributed by atoms with Crippen LogP contribution in [0.15, 0.2) is 36.4 Å². The fourth-order valence-electron chi connectivity index (χ4n) is 3.44. The molecule has 1 N–H and O–H groups in total. The number of benzene rings is 1. The molecule has 1 unspecified atom stereocenters. The van der Waals surface area contributed by atoms with Gasteiger partial charge in [0.25, 0.3) is 0 Å². The van der Waals surface area contributed by atoms with Gasteiger partial charge in [0.05, 0.1) is 26.0 Å². The third-order valence-electron chi connectivity index (χ3n) is 4.69. The summed E-state index contributed by atoms with van der Waals surface area (Å²) in [5.41, 5.74) is 1.15. The molecule has 0 bridgehead atoms. The maximum Gasteiger partial charge on any atom is 0.237 e. The summed E-state index contributed by atoms with van der Waals surface area (Å²) in [7, 11) is 3.65. The van der Waals surface area contributed by atoms with Gasteiger partial charge in [0.15, 0.2) is 6.67 Å². The Balaban J connectivity index is 1.62. The molecule has 1 aromatic rings. The predicted molar refractivity (Wildman–Crippen MR) is 85.7 cm³/mol. The Hall–Kier alpha value is -2.14. The lowest BCUT2D eigenvalue weighted by molar-refractivity contribution is -0.901. The molecule has 3 rings (SSSR count). The maximum absolute atomic E-state index is 12.5. The highest BCUT2D eigenvalue weighted by atomic mass is 16.5. The molecule has 0 radical (unpaired) electrons. The summed E-state index contributed by atoms with van der Waals surface area (Å²) in [5.74, 6) is 0.548. The molecule has 2 aliphatic rings. The molecule has 5 nitrogen and oxygen atoms in total. The van der Waals surface area contributed by atoms with Crippen molar-refractivity contribution in [1.82, 2.24) is 4.90 Å². The second kappa shape index (κ2) is 6.54. The number of hydrogen-bond acceptors (Lipinski definition) is 3. The fourth-order valence-corrected chi connectivity index (χ4v) is 3.44. The first-order chi connectivity index (χ1) is 11.1. The molecule has 1 fully saturated rings. The quantitative estimate of drug-likeness (QED) is 0.640. The summed E-state index contributed by atoms with van der Waals surface area (Å²) in [5, 5.41) is 0. The Kier molecular flexibility index (Phi) is 4.48. The second-order valence-corrected chi connectivity index (χ2v) is 6.40. The molecule has 0 saturated carbocycles. The van der Waals surface area contributed by atoms with Gasteiger partial charge in [0, 0.05) is 5.56 Å². The molecule has 5 heteroatoms. The topological polar surface area (TPSA) is 51.1 Å². The predicted octanol–water partition coefficient (Wildman–Crippen LogP) is 0.619. The number of nitrogens with zero attached hydrogens (tertiary/aromatic N) is 1. The highest BCUT2D eigenvalue weighted by molar-refractivity contribution is 6.05. The number of likely N-dealkylation sites (tertiary alicyclic amines) is 1. The van der Waals surface area contributed by atoms with E-state index in [0.29, 0.717) is 19.5 Å². The van der Waals surface area contributed by atoms with Crippen molar-refractivity contribution < 1.29 is 19.2 Å². The number of methoxy groups -OCH3 is 1. The van der Waals surface area contributed by atoms with Crippen LogP contribution in [-0.2, 0) is 16.1 Å². The first kappa shape index (κ1) is 15.7. The minimum Gasteiger partial charge on any atom is -0.497 e. The summed E-state index contributed by atoms with van der Waals surface area (Å²) in [6, 6.07) is 7.88. The summed E-state index contributed by atoms with van der Waals surface area (Å²) in [6.07, 6.45) is 5.43. The lowest BCUT2D eigenvalue weighted by atomic mass is 9.85. The third kappa shape index (κ3) is 3.15. The van der Waals surface area contributed by atoms with Crippen molar-refractivity contribution in [3.05, 3.63) is 42.0 Å². The lowest BCUT2D eigenvalue weighted by Gasteiger charge is -2.20. The van der Waals surface area contributed by atoms with Gasteiger partial charge in [-0.1, -0.05) is 12.2 Å². The Morgan fingerprint density at radius 2 is 1.65 bits per heavy atom. The van der Waals surface area contributed by atoms with Crippen molar-refractivity contribution in [2.45, 2.75) is 19.4 Å². The van der Waals surface area contributed by atoms with E-state index in [1.165, 1.54) is 4.90 Å². The minimum atomic E-state index is -0.138. The van der Waals surface area contributed by atoms with E-state index in [2.05, 4.69) is 0 Å². The Bertz CT molecular complexity index is 598. The Morgan fingerprint density at radius 3 is 2.17 bits per heavy atom. The zero-order valence-electron chi connectivity index (χ0n) is 13.6. The minimum absolute atomic E-state index is 0.00145. The van der Waals surface area contributed by atoms with Gasteiger partial charge in [0.1, 0.15) is 12.3 Å². The van der Waals surface area contributed by atoms with Crippen molar-refractivity contribution in [2.75, 3.05) is 20.8 Å². The van der Waals surface area contributed by atoms with Crippen LogP contribution in [-0.4, -0.2) is 37.5 Å². The van der Waals surface area contributed by atoms with Crippen LogP contribution in [0.3, 0.4) is 0 Å². The molecule has 0 aromatic heterocycles. The molecular weight excluding hydrogens is 292 g/mol. The number of carbonyl (C=O) groups is 2. The normalized spacial score (nSPS) is 24.7. The number of nitrogens with one attached hydrogen (secondary N) is 1. The number of quaternary nitrogens is 1. The van der Waals surface area contributed by atoms with E-state index in [4.69, 9.17) is 4.74 Å². The molecule has 1 aliphatic carbocycles. The SMILES string of the molecule is COc1ccc(C[NH+](C)CN2C(=O)[C@H]3CC=CC[C@@H]3C2=O)cc1. The largest absolute Gasteiger partial charge is 0.497 e. The van der Waals surface area contributed by atoms with Crippen LogP contribution >= 0.6 is 0 Å². The van der Waals surface area contributed by atoms with Crippen LogP contribution in [0.4, 0.5) is 0 Å². The van der Waals surface area contributed by atoms with Crippen molar-refractivity contribution in [3.63, 3.8) is 0 Å². The van der Waals surface area contributed by atoms with Crippen molar-refractivity contribution in [3.8, 4) is 5.75 Å². The number of imide groups is 1. The van der Waals surface area contributed by atoms with Crippen molar-refractivity contribution in [1.29, 1.82) is 0 Å². The molecule has 1 heterocycles. The lowest BCUT2D eigenvalue weighted by Crippen LogP contribution is -3.09. The average molecular weight is 315 g/mol. The standard InChI is InChI=1S/C18H22N2O3/c1-19(11-13-7-9-14(23-2)10-8-13)12-20-17(21)15-5-3-4-6-16(15)18(20)22/h3-4,7-10,15-16H,5-6,11-12H2,1-2H3/p+1/t15-,16-/m0/s1. The van der Waals surface area contributed by atoms with Crippen LogP contribution < -0.4 is 9.64 Å². The van der Waals surface area contributed by atoms with Gasteiger partial charge in [-0.3, -0.25) is 9.59 Å². The molecule has 2 amide bonds. The summed E-state index contributed by atoms with van der Waals surface area (Å²) in [6.45, 7) is 1.19. The monoisotopic (exact) mass is 315 g/mol. The zero-order chi connectivity index (χ0) is 16.4. The van der Waals surface area contributed by atoms with Crippen LogP contribution in [0.2, 0.25) is 0 Å². The Labute approximate surface area is 136 Å². The van der Waals surface area contributed by atoms with Crippen molar-refractivity contribution >= 4 is 11.8 Å². The number of allylic oxidation sites excluding steroid dienone is 2. The van der Waals surface area contributed by atoms with E-state index in [1.54, 1.807) is 7.11 Å². The fraction of sp³-hybridized carbons (Fsp3) is 0.444. The highest BCUT2D eigenvalue weighted by Gasteiger charge is 2.48.